The highest BCUT2D eigenvalue weighted by Crippen LogP contribution is 2.37. The highest BCUT2D eigenvalue weighted by molar-refractivity contribution is 7.99. The summed E-state index contributed by atoms with van der Waals surface area (Å²) in [4.78, 5) is 18.4. The molecule has 1 N–H and O–H groups in total. The van der Waals surface area contributed by atoms with Gasteiger partial charge in [-0.05, 0) is 56.2 Å². The molecule has 0 bridgehead atoms. The Balaban J connectivity index is 1.52. The number of amides is 1. The van der Waals surface area contributed by atoms with Gasteiger partial charge in [0.1, 0.15) is 16.6 Å². The molecule has 3 heterocycles. The van der Waals surface area contributed by atoms with E-state index in [0.29, 0.717) is 16.3 Å². The number of carbonyl (C=O) groups is 1. The van der Waals surface area contributed by atoms with Crippen molar-refractivity contribution in [1.82, 2.24) is 15.5 Å². The van der Waals surface area contributed by atoms with Crippen LogP contribution in [0.1, 0.15) is 45.4 Å². The molecule has 1 aromatic carbocycles. The van der Waals surface area contributed by atoms with Gasteiger partial charge in [0.25, 0.3) is 5.91 Å². The van der Waals surface area contributed by atoms with Gasteiger partial charge in [0.15, 0.2) is 0 Å². The van der Waals surface area contributed by atoms with E-state index < -0.39 is 0 Å². The molecule has 1 amide bonds. The fraction of sp³-hybridized carbons (Fsp3) is 0.286. The van der Waals surface area contributed by atoms with Gasteiger partial charge in [0.05, 0.1) is 17.3 Å². The van der Waals surface area contributed by atoms with Crippen molar-refractivity contribution in [3.63, 3.8) is 0 Å². The number of nitrogens with zero attached hydrogens (tertiary/aromatic N) is 2. The van der Waals surface area contributed by atoms with Crippen molar-refractivity contribution >= 4 is 29.4 Å². The molecule has 8 heteroatoms. The minimum absolute atomic E-state index is 0.202. The largest absolute Gasteiger partial charge is 0.361 e. The molecule has 0 radical (unpaired) electrons. The summed E-state index contributed by atoms with van der Waals surface area (Å²) in [6, 6.07) is 8.06. The van der Waals surface area contributed by atoms with Crippen LogP contribution in [0, 0.1) is 19.7 Å². The third-order valence-electron chi connectivity index (χ3n) is 4.87. The van der Waals surface area contributed by atoms with Gasteiger partial charge >= 0.3 is 0 Å². The molecule has 0 spiro atoms. The van der Waals surface area contributed by atoms with Crippen LogP contribution in [-0.2, 0) is 5.75 Å². The summed E-state index contributed by atoms with van der Waals surface area (Å²) in [5.41, 5.74) is 3.21. The molecule has 0 fully saturated rings. The Morgan fingerprint density at radius 2 is 2.24 bits per heavy atom. The van der Waals surface area contributed by atoms with E-state index in [1.54, 1.807) is 36.2 Å². The number of fused-ring (bicyclic) bond motifs is 1. The summed E-state index contributed by atoms with van der Waals surface area (Å²) in [5.74, 6) is 1.78. The van der Waals surface area contributed by atoms with Crippen LogP contribution in [0.2, 0.25) is 0 Å². The molecule has 0 saturated heterocycles. The second-order valence-electron chi connectivity index (χ2n) is 6.79. The Kier molecular flexibility index (Phi) is 5.91. The van der Waals surface area contributed by atoms with Gasteiger partial charge in [-0.15, -0.1) is 23.5 Å². The van der Waals surface area contributed by atoms with Gasteiger partial charge in [-0.1, -0.05) is 5.16 Å². The Bertz CT molecular complexity index is 1030. The molecule has 0 aliphatic carbocycles. The van der Waals surface area contributed by atoms with Crippen molar-refractivity contribution in [3.05, 3.63) is 70.5 Å². The number of hydrogen-bond donors (Lipinski definition) is 1. The van der Waals surface area contributed by atoms with Crippen molar-refractivity contribution in [2.24, 2.45) is 0 Å². The highest BCUT2D eigenvalue weighted by atomic mass is 32.2. The predicted molar refractivity (Wildman–Crippen MR) is 112 cm³/mol. The zero-order chi connectivity index (χ0) is 20.4. The van der Waals surface area contributed by atoms with Crippen molar-refractivity contribution < 1.29 is 13.7 Å². The summed E-state index contributed by atoms with van der Waals surface area (Å²) in [6.07, 6.45) is 2.43. The number of nitrogens with one attached hydrogen (secondary N) is 1. The average molecular weight is 430 g/mol. The summed E-state index contributed by atoms with van der Waals surface area (Å²) < 4.78 is 19.0. The third kappa shape index (κ3) is 4.33. The summed E-state index contributed by atoms with van der Waals surface area (Å²) in [5, 5.41) is 7.69. The fourth-order valence-electron chi connectivity index (χ4n) is 3.28. The Hall–Kier alpha value is -2.32. The SMILES string of the molecule is Cc1noc(C)c1CSc1ncccc1C(=O)NC1CCSc2ccc(F)cc21. The normalized spacial score (nSPS) is 15.8. The summed E-state index contributed by atoms with van der Waals surface area (Å²) in [7, 11) is 0. The van der Waals surface area contributed by atoms with Gasteiger partial charge in [-0.2, -0.15) is 0 Å². The molecule has 3 aromatic rings. The monoisotopic (exact) mass is 429 g/mol. The van der Waals surface area contributed by atoms with E-state index >= 15 is 0 Å². The second-order valence-corrected chi connectivity index (χ2v) is 8.89. The first-order valence-corrected chi connectivity index (χ1v) is 11.2. The van der Waals surface area contributed by atoms with Gasteiger partial charge in [-0.25, -0.2) is 9.37 Å². The van der Waals surface area contributed by atoms with Gasteiger partial charge in [0, 0.05) is 28.2 Å². The molecule has 0 saturated carbocycles. The maximum atomic E-state index is 13.7. The van der Waals surface area contributed by atoms with Crippen molar-refractivity contribution in [3.8, 4) is 0 Å². The van der Waals surface area contributed by atoms with Gasteiger partial charge < -0.3 is 9.84 Å². The number of aromatic nitrogens is 2. The Morgan fingerprint density at radius 3 is 3.03 bits per heavy atom. The van der Waals surface area contributed by atoms with Gasteiger partial charge in [0.2, 0.25) is 0 Å². The number of pyridine rings is 1. The number of thioether (sulfide) groups is 2. The van der Waals surface area contributed by atoms with Crippen LogP contribution in [0.4, 0.5) is 4.39 Å². The molecule has 1 aliphatic heterocycles. The van der Waals surface area contributed by atoms with Crippen LogP contribution in [0.3, 0.4) is 0 Å². The maximum absolute atomic E-state index is 13.7. The highest BCUT2D eigenvalue weighted by Gasteiger charge is 2.24. The van der Waals surface area contributed by atoms with Crippen molar-refractivity contribution in [1.29, 1.82) is 0 Å². The lowest BCUT2D eigenvalue weighted by Gasteiger charge is -2.26. The molecular formula is C21H20FN3O2S2. The van der Waals surface area contributed by atoms with E-state index in [4.69, 9.17) is 4.52 Å². The summed E-state index contributed by atoms with van der Waals surface area (Å²) in [6.45, 7) is 3.77. The zero-order valence-corrected chi connectivity index (χ0v) is 17.7. The topological polar surface area (TPSA) is 68.0 Å². The van der Waals surface area contributed by atoms with Crippen LogP contribution in [-0.4, -0.2) is 21.8 Å². The fourth-order valence-corrected chi connectivity index (χ4v) is 5.53. The van der Waals surface area contributed by atoms with E-state index in [9.17, 15) is 9.18 Å². The molecule has 29 heavy (non-hydrogen) atoms. The zero-order valence-electron chi connectivity index (χ0n) is 16.1. The number of aryl methyl sites for hydroxylation is 2. The number of carbonyl (C=O) groups excluding carboxylic acids is 1. The molecule has 4 rings (SSSR count). The molecule has 1 aliphatic rings. The molecule has 2 aromatic heterocycles. The minimum atomic E-state index is -0.289. The smallest absolute Gasteiger partial charge is 0.254 e. The molecule has 1 unspecified atom stereocenters. The number of benzene rings is 1. The Labute approximate surface area is 176 Å². The first-order chi connectivity index (χ1) is 14.0. The maximum Gasteiger partial charge on any atom is 0.254 e. The lowest BCUT2D eigenvalue weighted by molar-refractivity contribution is 0.0931. The third-order valence-corrected chi connectivity index (χ3v) is 7.02. The molecular weight excluding hydrogens is 409 g/mol. The van der Waals surface area contributed by atoms with Crippen LogP contribution in [0.15, 0.2) is 51.0 Å². The lowest BCUT2D eigenvalue weighted by Crippen LogP contribution is -2.31. The molecule has 150 valence electrons. The van der Waals surface area contributed by atoms with Crippen LogP contribution in [0.25, 0.3) is 0 Å². The lowest BCUT2D eigenvalue weighted by atomic mass is 10.0. The van der Waals surface area contributed by atoms with E-state index in [1.807, 2.05) is 13.8 Å². The van der Waals surface area contributed by atoms with Crippen LogP contribution < -0.4 is 5.32 Å². The number of hydrogen-bond acceptors (Lipinski definition) is 6. The molecule has 1 atom stereocenters. The summed E-state index contributed by atoms with van der Waals surface area (Å²) >= 11 is 3.16. The first kappa shape index (κ1) is 20.0. The Morgan fingerprint density at radius 1 is 1.38 bits per heavy atom. The van der Waals surface area contributed by atoms with Crippen LogP contribution in [0.5, 0.6) is 0 Å². The van der Waals surface area contributed by atoms with E-state index in [1.165, 1.54) is 23.9 Å². The first-order valence-electron chi connectivity index (χ1n) is 9.25. The van der Waals surface area contributed by atoms with E-state index in [0.717, 1.165) is 39.7 Å². The second kappa shape index (κ2) is 8.59. The standard InChI is InChI=1S/C21H20FN3O2S2/c1-12-17(13(2)27-25-12)11-29-21-15(4-3-8-23-21)20(26)24-18-7-9-28-19-6-5-14(22)10-16(18)19/h3-6,8,10,18H,7,9,11H2,1-2H3,(H,24,26). The van der Waals surface area contributed by atoms with E-state index in [2.05, 4.69) is 15.5 Å². The quantitative estimate of drug-likeness (QED) is 0.570. The average Bonchev–Trinajstić information content (AvgIpc) is 3.04. The van der Waals surface area contributed by atoms with Crippen molar-refractivity contribution in [2.45, 2.75) is 42.0 Å². The van der Waals surface area contributed by atoms with Crippen LogP contribution >= 0.6 is 23.5 Å². The van der Waals surface area contributed by atoms with E-state index in [-0.39, 0.29) is 17.8 Å². The molecule has 5 nitrogen and oxygen atoms in total. The minimum Gasteiger partial charge on any atom is -0.361 e. The number of rotatable bonds is 5. The van der Waals surface area contributed by atoms with Gasteiger partial charge in [-0.3, -0.25) is 4.79 Å². The van der Waals surface area contributed by atoms with Crippen molar-refractivity contribution in [2.75, 3.05) is 5.75 Å². The number of halogens is 1. The predicted octanol–water partition coefficient (Wildman–Crippen LogP) is 5.08.